The van der Waals surface area contributed by atoms with Gasteiger partial charge in [0, 0.05) is 42.8 Å². The van der Waals surface area contributed by atoms with E-state index in [-0.39, 0.29) is 11.8 Å². The Kier molecular flexibility index (Phi) is 4.19. The Morgan fingerprint density at radius 1 is 1.15 bits per heavy atom. The van der Waals surface area contributed by atoms with Gasteiger partial charge in [-0.3, -0.25) is 9.59 Å². The van der Waals surface area contributed by atoms with Gasteiger partial charge in [-0.2, -0.15) is 5.10 Å². The van der Waals surface area contributed by atoms with Crippen LogP contribution >= 0.6 is 0 Å². The average molecular weight is 364 g/mol. The largest absolute Gasteiger partial charge is 0.322 e. The molecule has 2 amide bonds. The number of carbonyl (C=O) groups is 2. The van der Waals surface area contributed by atoms with Crippen molar-refractivity contribution < 1.29 is 14.0 Å². The van der Waals surface area contributed by atoms with E-state index in [1.165, 1.54) is 17.7 Å². The molecule has 4 rings (SSSR count). The summed E-state index contributed by atoms with van der Waals surface area (Å²) in [5.41, 5.74) is 2.93. The number of hydrogen-bond acceptors (Lipinski definition) is 3. The quantitative estimate of drug-likeness (QED) is 0.776. The highest BCUT2D eigenvalue weighted by Crippen LogP contribution is 2.29. The first kappa shape index (κ1) is 17.0. The second-order valence-electron chi connectivity index (χ2n) is 6.34. The molecule has 7 heteroatoms. The third-order valence-corrected chi connectivity index (χ3v) is 4.57. The Balaban J connectivity index is 1.53. The molecular formula is C20H17FN4O2. The van der Waals surface area contributed by atoms with Gasteiger partial charge in [0.05, 0.1) is 0 Å². The van der Waals surface area contributed by atoms with Gasteiger partial charge in [-0.15, -0.1) is 0 Å². The highest BCUT2D eigenvalue weighted by molar-refractivity contribution is 6.05. The van der Waals surface area contributed by atoms with Crippen LogP contribution in [-0.4, -0.2) is 28.1 Å². The van der Waals surface area contributed by atoms with E-state index in [4.69, 9.17) is 0 Å². The molecule has 0 saturated carbocycles. The molecule has 0 atom stereocenters. The lowest BCUT2D eigenvalue weighted by atomic mass is 10.1. The van der Waals surface area contributed by atoms with Crippen molar-refractivity contribution in [2.24, 2.45) is 0 Å². The molecule has 0 unspecified atom stereocenters. The predicted molar refractivity (Wildman–Crippen MR) is 99.6 cm³/mol. The van der Waals surface area contributed by atoms with Crippen LogP contribution < -0.4 is 10.2 Å². The zero-order chi connectivity index (χ0) is 19.0. The van der Waals surface area contributed by atoms with Gasteiger partial charge >= 0.3 is 0 Å². The van der Waals surface area contributed by atoms with Gasteiger partial charge < -0.3 is 10.2 Å². The Hall–Kier alpha value is -3.48. The molecule has 1 N–H and O–H groups in total. The van der Waals surface area contributed by atoms with Gasteiger partial charge in [0.2, 0.25) is 5.91 Å². The molecule has 2 heterocycles. The Morgan fingerprint density at radius 3 is 2.67 bits per heavy atom. The maximum atomic E-state index is 14.3. The summed E-state index contributed by atoms with van der Waals surface area (Å²) < 4.78 is 15.7. The number of hydrogen-bond donors (Lipinski definition) is 1. The summed E-state index contributed by atoms with van der Waals surface area (Å²) in [5.74, 6) is -0.827. The number of fused-ring (bicyclic) bond motifs is 1. The molecule has 3 aromatic rings. The minimum absolute atomic E-state index is 0.0151. The fourth-order valence-electron chi connectivity index (χ4n) is 3.26. The van der Waals surface area contributed by atoms with Gasteiger partial charge in [-0.05, 0) is 54.4 Å². The molecule has 27 heavy (non-hydrogen) atoms. The Morgan fingerprint density at radius 2 is 1.96 bits per heavy atom. The van der Waals surface area contributed by atoms with Gasteiger partial charge in [0.15, 0.2) is 5.82 Å². The fourth-order valence-corrected chi connectivity index (χ4v) is 3.26. The summed E-state index contributed by atoms with van der Waals surface area (Å²) in [6.07, 6.45) is 3.92. The molecule has 0 radical (unpaired) electrons. The number of halogens is 1. The van der Waals surface area contributed by atoms with Crippen molar-refractivity contribution in [2.75, 3.05) is 16.8 Å². The lowest BCUT2D eigenvalue weighted by Gasteiger charge is -2.15. The topological polar surface area (TPSA) is 67.2 Å². The summed E-state index contributed by atoms with van der Waals surface area (Å²) in [6.45, 7) is 2.15. The van der Waals surface area contributed by atoms with Crippen LogP contribution in [0.3, 0.4) is 0 Å². The van der Waals surface area contributed by atoms with Crippen molar-refractivity contribution in [1.82, 2.24) is 9.78 Å². The molecule has 1 aromatic heterocycles. The standard InChI is InChI=1S/C20H17FN4O2/c1-13(26)24-10-7-14-11-15(3-5-18(14)24)20(27)23-16-4-6-19(17(21)12-16)25-9-2-8-22-25/h2-6,8-9,11-12H,7,10H2,1H3,(H,23,27). The smallest absolute Gasteiger partial charge is 0.255 e. The van der Waals surface area contributed by atoms with E-state index in [0.29, 0.717) is 29.9 Å². The molecule has 136 valence electrons. The van der Waals surface area contributed by atoms with Crippen LogP contribution in [0.1, 0.15) is 22.8 Å². The summed E-state index contributed by atoms with van der Waals surface area (Å²) in [7, 11) is 0. The summed E-state index contributed by atoms with van der Waals surface area (Å²) in [4.78, 5) is 25.8. The van der Waals surface area contributed by atoms with E-state index in [2.05, 4.69) is 10.4 Å². The number of rotatable bonds is 3. The SMILES string of the molecule is CC(=O)N1CCc2cc(C(=O)Nc3ccc(-n4cccn4)c(F)c3)ccc21. The number of anilines is 2. The highest BCUT2D eigenvalue weighted by Gasteiger charge is 2.23. The molecule has 0 spiro atoms. The molecule has 0 fully saturated rings. The summed E-state index contributed by atoms with van der Waals surface area (Å²) in [6, 6.07) is 11.4. The minimum atomic E-state index is -0.484. The molecule has 6 nitrogen and oxygen atoms in total. The predicted octanol–water partition coefficient (Wildman–Crippen LogP) is 3.17. The van der Waals surface area contributed by atoms with Crippen LogP contribution in [-0.2, 0) is 11.2 Å². The summed E-state index contributed by atoms with van der Waals surface area (Å²) >= 11 is 0. The number of aromatic nitrogens is 2. The van der Waals surface area contributed by atoms with Crippen molar-refractivity contribution in [2.45, 2.75) is 13.3 Å². The van der Waals surface area contributed by atoms with E-state index in [9.17, 15) is 14.0 Å². The first-order valence-corrected chi connectivity index (χ1v) is 8.55. The second-order valence-corrected chi connectivity index (χ2v) is 6.34. The number of carbonyl (C=O) groups excluding carboxylic acids is 2. The third kappa shape index (κ3) is 3.19. The number of amides is 2. The maximum absolute atomic E-state index is 14.3. The molecule has 1 aliphatic rings. The Labute approximate surface area is 155 Å². The second kappa shape index (κ2) is 6.68. The van der Waals surface area contributed by atoms with E-state index < -0.39 is 5.82 Å². The average Bonchev–Trinajstić information content (AvgIpc) is 3.31. The zero-order valence-corrected chi connectivity index (χ0v) is 14.6. The normalized spacial score (nSPS) is 12.7. The number of nitrogens with one attached hydrogen (secondary N) is 1. The van der Waals surface area contributed by atoms with Gasteiger partial charge in [0.25, 0.3) is 5.91 Å². The monoisotopic (exact) mass is 364 g/mol. The van der Waals surface area contributed by atoms with E-state index in [1.54, 1.807) is 53.7 Å². The van der Waals surface area contributed by atoms with Crippen molar-refractivity contribution >= 4 is 23.2 Å². The first-order valence-electron chi connectivity index (χ1n) is 8.55. The van der Waals surface area contributed by atoms with E-state index >= 15 is 0 Å². The van der Waals surface area contributed by atoms with Crippen LogP contribution in [0.25, 0.3) is 5.69 Å². The van der Waals surface area contributed by atoms with Gasteiger partial charge in [0.1, 0.15) is 5.69 Å². The third-order valence-electron chi connectivity index (χ3n) is 4.57. The molecule has 1 aliphatic heterocycles. The van der Waals surface area contributed by atoms with Crippen LogP contribution in [0.2, 0.25) is 0 Å². The first-order chi connectivity index (χ1) is 13.0. The van der Waals surface area contributed by atoms with E-state index in [0.717, 1.165) is 11.3 Å². The van der Waals surface area contributed by atoms with Crippen LogP contribution in [0.4, 0.5) is 15.8 Å². The van der Waals surface area contributed by atoms with Crippen molar-refractivity contribution in [3.63, 3.8) is 0 Å². The molecule has 2 aromatic carbocycles. The van der Waals surface area contributed by atoms with Crippen molar-refractivity contribution in [3.8, 4) is 5.69 Å². The Bertz CT molecular complexity index is 1030. The lowest BCUT2D eigenvalue weighted by molar-refractivity contribution is -0.116. The van der Waals surface area contributed by atoms with Crippen LogP contribution in [0, 0.1) is 5.82 Å². The molecule has 0 saturated heterocycles. The van der Waals surface area contributed by atoms with Gasteiger partial charge in [-0.1, -0.05) is 0 Å². The maximum Gasteiger partial charge on any atom is 0.255 e. The van der Waals surface area contributed by atoms with Crippen molar-refractivity contribution in [1.29, 1.82) is 0 Å². The van der Waals surface area contributed by atoms with Crippen LogP contribution in [0.5, 0.6) is 0 Å². The van der Waals surface area contributed by atoms with E-state index in [1.807, 2.05) is 0 Å². The lowest BCUT2D eigenvalue weighted by Crippen LogP contribution is -2.25. The molecular weight excluding hydrogens is 347 g/mol. The summed E-state index contributed by atoms with van der Waals surface area (Å²) in [5, 5.41) is 6.71. The highest BCUT2D eigenvalue weighted by atomic mass is 19.1. The fraction of sp³-hybridized carbons (Fsp3) is 0.150. The zero-order valence-electron chi connectivity index (χ0n) is 14.6. The number of benzene rings is 2. The minimum Gasteiger partial charge on any atom is -0.322 e. The molecule has 0 bridgehead atoms. The van der Waals surface area contributed by atoms with Crippen molar-refractivity contribution in [3.05, 3.63) is 71.8 Å². The van der Waals surface area contributed by atoms with Crippen LogP contribution in [0.15, 0.2) is 54.9 Å². The molecule has 0 aliphatic carbocycles. The van der Waals surface area contributed by atoms with Gasteiger partial charge in [-0.25, -0.2) is 9.07 Å². The number of nitrogens with zero attached hydrogens (tertiary/aromatic N) is 3.